The molecule has 2 aromatic rings. The number of nitrogens with two attached hydrogens (primary N) is 1. The van der Waals surface area contributed by atoms with Crippen LogP contribution in [-0.2, 0) is 0 Å². The molecule has 0 aliphatic rings. The average Bonchev–Trinajstić information content (AvgIpc) is 2.59. The van der Waals surface area contributed by atoms with E-state index in [4.69, 9.17) is 10.5 Å². The monoisotopic (exact) mass is 330 g/mol. The third-order valence-electron chi connectivity index (χ3n) is 3.16. The van der Waals surface area contributed by atoms with E-state index >= 15 is 0 Å². The molecule has 0 aliphatic carbocycles. The molecule has 4 N–H and O–H groups in total. The first-order valence-electron chi connectivity index (χ1n) is 7.34. The number of guanidine groups is 1. The number of rotatable bonds is 6. The summed E-state index contributed by atoms with van der Waals surface area (Å²) in [7, 11) is 1.59. The number of hydrogen-bond acceptors (Lipinski definition) is 3. The molecule has 7 heteroatoms. The van der Waals surface area contributed by atoms with Crippen LogP contribution in [0.15, 0.2) is 53.5 Å². The van der Waals surface area contributed by atoms with Crippen LogP contribution < -0.4 is 21.1 Å². The fourth-order valence-corrected chi connectivity index (χ4v) is 1.95. The van der Waals surface area contributed by atoms with Crippen molar-refractivity contribution in [3.05, 3.63) is 59.9 Å². The van der Waals surface area contributed by atoms with Gasteiger partial charge in [-0.15, -0.1) is 0 Å². The van der Waals surface area contributed by atoms with Crippen molar-refractivity contribution in [1.82, 2.24) is 5.32 Å². The van der Waals surface area contributed by atoms with E-state index in [2.05, 4.69) is 15.6 Å². The molecule has 0 atom stereocenters. The zero-order valence-corrected chi connectivity index (χ0v) is 13.3. The first-order chi connectivity index (χ1) is 11.6. The smallest absolute Gasteiger partial charge is 0.254 e. The zero-order valence-electron chi connectivity index (χ0n) is 13.3. The lowest BCUT2D eigenvalue weighted by Crippen LogP contribution is -2.29. The van der Waals surface area contributed by atoms with Gasteiger partial charge in [-0.2, -0.15) is 0 Å². The molecule has 2 aromatic carbocycles. The summed E-state index contributed by atoms with van der Waals surface area (Å²) in [5, 5.41) is 5.51. The van der Waals surface area contributed by atoms with Gasteiger partial charge in [-0.3, -0.25) is 9.79 Å². The molecule has 0 aliphatic heterocycles. The molecular weight excluding hydrogens is 311 g/mol. The van der Waals surface area contributed by atoms with Gasteiger partial charge in [0, 0.05) is 12.2 Å². The first kappa shape index (κ1) is 17.3. The van der Waals surface area contributed by atoms with E-state index in [0.29, 0.717) is 0 Å². The maximum atomic E-state index is 13.4. The van der Waals surface area contributed by atoms with Crippen molar-refractivity contribution in [2.24, 2.45) is 10.7 Å². The lowest BCUT2D eigenvalue weighted by molar-refractivity contribution is 0.0951. The van der Waals surface area contributed by atoms with Gasteiger partial charge in [-0.05, 0) is 36.4 Å². The number of anilines is 1. The van der Waals surface area contributed by atoms with Crippen molar-refractivity contribution in [2.75, 3.05) is 25.5 Å². The Morgan fingerprint density at radius 1 is 1.21 bits per heavy atom. The summed E-state index contributed by atoms with van der Waals surface area (Å²) in [6.45, 7) is 0.521. The van der Waals surface area contributed by atoms with Crippen molar-refractivity contribution in [3.63, 3.8) is 0 Å². The normalized spacial score (nSPS) is 11.0. The topological polar surface area (TPSA) is 88.7 Å². The highest BCUT2D eigenvalue weighted by Gasteiger charge is 2.09. The molecule has 0 spiro atoms. The summed E-state index contributed by atoms with van der Waals surface area (Å²) < 4.78 is 18.5. The molecule has 0 saturated heterocycles. The second-order valence-corrected chi connectivity index (χ2v) is 4.86. The minimum Gasteiger partial charge on any atom is -0.497 e. The van der Waals surface area contributed by atoms with Crippen LogP contribution in [0.2, 0.25) is 0 Å². The molecule has 1 amide bonds. The van der Waals surface area contributed by atoms with Crippen LogP contribution in [0, 0.1) is 5.82 Å². The van der Waals surface area contributed by atoms with E-state index in [1.807, 2.05) is 0 Å². The van der Waals surface area contributed by atoms with Gasteiger partial charge in [-0.25, -0.2) is 4.39 Å². The SMILES string of the molecule is COc1ccc(NC(N)=NCCNC(=O)c2ccccc2F)cc1. The van der Waals surface area contributed by atoms with E-state index in [1.54, 1.807) is 37.4 Å². The number of nitrogens with one attached hydrogen (secondary N) is 2. The van der Waals surface area contributed by atoms with E-state index in [9.17, 15) is 9.18 Å². The second kappa shape index (κ2) is 8.52. The van der Waals surface area contributed by atoms with Crippen LogP contribution in [0.4, 0.5) is 10.1 Å². The van der Waals surface area contributed by atoms with Gasteiger partial charge >= 0.3 is 0 Å². The van der Waals surface area contributed by atoms with Crippen LogP contribution in [0.5, 0.6) is 5.75 Å². The standard InChI is InChI=1S/C17H19FN4O2/c1-24-13-8-6-12(7-9-13)22-17(19)21-11-10-20-16(23)14-4-2-3-5-15(14)18/h2-9H,10-11H2,1H3,(H,20,23)(H3,19,21,22). The van der Waals surface area contributed by atoms with Crippen molar-refractivity contribution in [1.29, 1.82) is 0 Å². The van der Waals surface area contributed by atoms with Gasteiger partial charge in [0.15, 0.2) is 5.96 Å². The number of methoxy groups -OCH3 is 1. The fourth-order valence-electron chi connectivity index (χ4n) is 1.95. The van der Waals surface area contributed by atoms with Crippen molar-refractivity contribution in [2.45, 2.75) is 0 Å². The predicted molar refractivity (Wildman–Crippen MR) is 91.8 cm³/mol. The van der Waals surface area contributed by atoms with Gasteiger partial charge in [-0.1, -0.05) is 12.1 Å². The van der Waals surface area contributed by atoms with Gasteiger partial charge in [0.05, 0.1) is 19.2 Å². The summed E-state index contributed by atoms with van der Waals surface area (Å²) in [6, 6.07) is 13.0. The highest BCUT2D eigenvalue weighted by Crippen LogP contribution is 2.14. The lowest BCUT2D eigenvalue weighted by atomic mass is 10.2. The molecule has 0 aromatic heterocycles. The molecule has 0 bridgehead atoms. The molecule has 0 saturated carbocycles. The summed E-state index contributed by atoms with van der Waals surface area (Å²) in [4.78, 5) is 15.9. The predicted octanol–water partition coefficient (Wildman–Crippen LogP) is 1.99. The van der Waals surface area contributed by atoms with E-state index < -0.39 is 11.7 Å². The fraction of sp³-hybridized carbons (Fsp3) is 0.176. The van der Waals surface area contributed by atoms with Gasteiger partial charge in [0.25, 0.3) is 5.91 Å². The Morgan fingerprint density at radius 2 is 1.92 bits per heavy atom. The van der Waals surface area contributed by atoms with Gasteiger partial charge in [0.1, 0.15) is 11.6 Å². The Hall–Kier alpha value is -3.09. The van der Waals surface area contributed by atoms with Crippen LogP contribution in [0.25, 0.3) is 0 Å². The minimum atomic E-state index is -0.556. The van der Waals surface area contributed by atoms with Crippen LogP contribution >= 0.6 is 0 Å². The average molecular weight is 330 g/mol. The van der Waals surface area contributed by atoms with Crippen LogP contribution in [0.3, 0.4) is 0 Å². The molecule has 24 heavy (non-hydrogen) atoms. The van der Waals surface area contributed by atoms with E-state index in [0.717, 1.165) is 11.4 Å². The minimum absolute atomic E-state index is 0.00538. The molecule has 126 valence electrons. The Balaban J connectivity index is 1.78. The molecular formula is C17H19FN4O2. The number of carbonyl (C=O) groups is 1. The maximum absolute atomic E-state index is 13.4. The third kappa shape index (κ3) is 4.98. The molecule has 0 heterocycles. The maximum Gasteiger partial charge on any atom is 0.254 e. The summed E-state index contributed by atoms with van der Waals surface area (Å²) >= 11 is 0. The number of halogens is 1. The van der Waals surface area contributed by atoms with E-state index in [1.165, 1.54) is 18.2 Å². The highest BCUT2D eigenvalue weighted by molar-refractivity contribution is 5.94. The lowest BCUT2D eigenvalue weighted by Gasteiger charge is -2.07. The molecule has 0 unspecified atom stereocenters. The molecule has 0 radical (unpaired) electrons. The Bertz CT molecular complexity index is 717. The number of hydrogen-bond donors (Lipinski definition) is 3. The summed E-state index contributed by atoms with van der Waals surface area (Å²) in [5.74, 6) is -0.0728. The van der Waals surface area contributed by atoms with Gasteiger partial charge in [0.2, 0.25) is 0 Å². The largest absolute Gasteiger partial charge is 0.497 e. The Labute approximate surface area is 139 Å². The third-order valence-corrected chi connectivity index (χ3v) is 3.16. The van der Waals surface area contributed by atoms with Crippen LogP contribution in [0.1, 0.15) is 10.4 Å². The second-order valence-electron chi connectivity index (χ2n) is 4.86. The molecule has 0 fully saturated rings. The Kier molecular flexibility index (Phi) is 6.13. The number of ether oxygens (including phenoxy) is 1. The van der Waals surface area contributed by atoms with Crippen LogP contribution in [-0.4, -0.2) is 32.1 Å². The molecule has 6 nitrogen and oxygen atoms in total. The number of nitrogens with zero attached hydrogens (tertiary/aromatic N) is 1. The Morgan fingerprint density at radius 3 is 2.58 bits per heavy atom. The molecule has 2 rings (SSSR count). The van der Waals surface area contributed by atoms with Gasteiger partial charge < -0.3 is 21.1 Å². The first-order valence-corrected chi connectivity index (χ1v) is 7.34. The van der Waals surface area contributed by atoms with Crippen molar-refractivity contribution in [3.8, 4) is 5.75 Å². The number of aliphatic imine (C=N–C) groups is 1. The number of benzene rings is 2. The number of carbonyl (C=O) groups excluding carboxylic acids is 1. The highest BCUT2D eigenvalue weighted by atomic mass is 19.1. The van der Waals surface area contributed by atoms with E-state index in [-0.39, 0.29) is 24.6 Å². The zero-order chi connectivity index (χ0) is 17.4. The van der Waals surface area contributed by atoms with Crippen molar-refractivity contribution >= 4 is 17.6 Å². The quantitative estimate of drug-likeness (QED) is 0.429. The summed E-state index contributed by atoms with van der Waals surface area (Å²) in [6.07, 6.45) is 0. The number of amides is 1. The summed E-state index contributed by atoms with van der Waals surface area (Å²) in [5.41, 5.74) is 6.54. The van der Waals surface area contributed by atoms with Crippen molar-refractivity contribution < 1.29 is 13.9 Å².